The second-order valence-electron chi connectivity index (χ2n) is 5.57. The zero-order valence-electron chi connectivity index (χ0n) is 10.9. The maximum atomic E-state index is 11.0. The molecule has 0 saturated carbocycles. The van der Waals surface area contributed by atoms with E-state index in [0.29, 0.717) is 12.8 Å². The number of aliphatic hydroxyl groups excluding tert-OH is 1. The molecule has 0 aromatic carbocycles. The molecule has 0 fully saturated rings. The van der Waals surface area contributed by atoms with Gasteiger partial charge in [0.2, 0.25) is 0 Å². The molecule has 0 spiro atoms. The summed E-state index contributed by atoms with van der Waals surface area (Å²) < 4.78 is 5.79. The van der Waals surface area contributed by atoms with Crippen LogP contribution in [-0.4, -0.2) is 37.2 Å². The highest BCUT2D eigenvalue weighted by molar-refractivity contribution is 6.74. The van der Waals surface area contributed by atoms with E-state index in [2.05, 4.69) is 20.8 Å². The summed E-state index contributed by atoms with van der Waals surface area (Å²) in [4.78, 5) is 11.0. The average Bonchev–Trinajstić information content (AvgIpc) is 2.09. The zero-order chi connectivity index (χ0) is 13.0. The molecule has 16 heavy (non-hydrogen) atoms. The fourth-order valence-corrected chi connectivity index (χ4v) is 2.33. The van der Waals surface area contributed by atoms with Crippen molar-refractivity contribution in [1.82, 2.24) is 0 Å². The minimum absolute atomic E-state index is 0.0000847. The van der Waals surface area contributed by atoms with Crippen molar-refractivity contribution in [3.8, 4) is 0 Å². The molecule has 0 amide bonds. The van der Waals surface area contributed by atoms with Gasteiger partial charge in [0.05, 0.1) is 0 Å². The molecule has 0 saturated heterocycles. The van der Waals surface area contributed by atoms with Gasteiger partial charge in [-0.05, 0) is 31.0 Å². The van der Waals surface area contributed by atoms with Crippen LogP contribution >= 0.6 is 0 Å². The second-order valence-corrected chi connectivity index (χ2v) is 10.3. The molecule has 1 unspecified atom stereocenters. The standard InChI is InChI=1S/C11H24O4Si/c1-11(2,3)16(4,5)15-9(10(13)14)7-6-8-12/h9,12H,6-8H2,1-5H3,(H,13,14). The smallest absolute Gasteiger partial charge is 0.331 e. The second kappa shape index (κ2) is 5.79. The Morgan fingerprint density at radius 2 is 1.88 bits per heavy atom. The number of aliphatic carboxylic acids is 1. The van der Waals surface area contributed by atoms with Gasteiger partial charge in [0.25, 0.3) is 0 Å². The van der Waals surface area contributed by atoms with E-state index in [1.165, 1.54) is 0 Å². The summed E-state index contributed by atoms with van der Waals surface area (Å²) in [5.74, 6) is -0.932. The summed E-state index contributed by atoms with van der Waals surface area (Å²) in [7, 11) is -2.04. The number of hydrogen-bond donors (Lipinski definition) is 2. The van der Waals surface area contributed by atoms with E-state index >= 15 is 0 Å². The monoisotopic (exact) mass is 248 g/mol. The summed E-state index contributed by atoms with van der Waals surface area (Å²) in [6, 6.07) is 0. The zero-order valence-corrected chi connectivity index (χ0v) is 11.9. The van der Waals surface area contributed by atoms with Crippen molar-refractivity contribution < 1.29 is 19.4 Å². The summed E-state index contributed by atoms with van der Waals surface area (Å²) >= 11 is 0. The third-order valence-corrected chi connectivity index (χ3v) is 7.63. The van der Waals surface area contributed by atoms with E-state index < -0.39 is 20.4 Å². The van der Waals surface area contributed by atoms with Crippen LogP contribution in [0.3, 0.4) is 0 Å². The van der Waals surface area contributed by atoms with E-state index in [9.17, 15) is 4.79 Å². The third-order valence-electron chi connectivity index (χ3n) is 3.14. The minimum Gasteiger partial charge on any atom is -0.479 e. The van der Waals surface area contributed by atoms with Crippen LogP contribution in [0.1, 0.15) is 33.6 Å². The average molecular weight is 248 g/mol. The van der Waals surface area contributed by atoms with E-state index in [1.807, 2.05) is 13.1 Å². The fraction of sp³-hybridized carbons (Fsp3) is 0.909. The first-order valence-electron chi connectivity index (χ1n) is 5.63. The maximum absolute atomic E-state index is 11.0. The van der Waals surface area contributed by atoms with Gasteiger partial charge >= 0.3 is 5.97 Å². The molecule has 0 aliphatic rings. The van der Waals surface area contributed by atoms with Crippen molar-refractivity contribution in [1.29, 1.82) is 0 Å². The first-order chi connectivity index (χ1) is 7.12. The van der Waals surface area contributed by atoms with Gasteiger partial charge in [-0.15, -0.1) is 0 Å². The highest BCUT2D eigenvalue weighted by Gasteiger charge is 2.40. The van der Waals surface area contributed by atoms with Crippen molar-refractivity contribution in [2.45, 2.75) is 57.8 Å². The van der Waals surface area contributed by atoms with E-state index in [0.717, 1.165) is 0 Å². The van der Waals surface area contributed by atoms with Crippen LogP contribution in [0.2, 0.25) is 18.1 Å². The van der Waals surface area contributed by atoms with Crippen LogP contribution in [0.4, 0.5) is 0 Å². The molecule has 96 valence electrons. The molecular weight excluding hydrogens is 224 g/mol. The highest BCUT2D eigenvalue weighted by Crippen LogP contribution is 2.37. The van der Waals surface area contributed by atoms with Crippen LogP contribution in [0.15, 0.2) is 0 Å². The van der Waals surface area contributed by atoms with Gasteiger partial charge in [0, 0.05) is 6.61 Å². The number of hydrogen-bond acceptors (Lipinski definition) is 3. The highest BCUT2D eigenvalue weighted by atomic mass is 28.4. The first kappa shape index (κ1) is 15.6. The molecule has 0 radical (unpaired) electrons. The van der Waals surface area contributed by atoms with Crippen LogP contribution in [0, 0.1) is 0 Å². The Labute approximate surface area is 98.8 Å². The summed E-state index contributed by atoms with van der Waals surface area (Å²) in [6.07, 6.45) is 0.0530. The summed E-state index contributed by atoms with van der Waals surface area (Å²) in [6.45, 7) is 10.3. The van der Waals surface area contributed by atoms with E-state index in [-0.39, 0.29) is 11.6 Å². The van der Waals surface area contributed by atoms with Gasteiger partial charge in [-0.2, -0.15) is 0 Å². The fourth-order valence-electron chi connectivity index (χ4n) is 1.04. The number of rotatable bonds is 6. The first-order valence-corrected chi connectivity index (χ1v) is 8.54. The molecule has 4 nitrogen and oxygen atoms in total. The molecule has 1 atom stereocenters. The Kier molecular flexibility index (Phi) is 5.65. The quantitative estimate of drug-likeness (QED) is 0.707. The lowest BCUT2D eigenvalue weighted by molar-refractivity contribution is -0.146. The summed E-state index contributed by atoms with van der Waals surface area (Å²) in [5.41, 5.74) is 0. The van der Waals surface area contributed by atoms with Crippen molar-refractivity contribution in [3.63, 3.8) is 0 Å². The normalized spacial score (nSPS) is 14.9. The molecule has 0 aromatic rings. The van der Waals surface area contributed by atoms with Crippen molar-refractivity contribution in [2.75, 3.05) is 6.61 Å². The van der Waals surface area contributed by atoms with Gasteiger partial charge in [0.1, 0.15) is 6.10 Å². The minimum atomic E-state index is -2.04. The van der Waals surface area contributed by atoms with Crippen LogP contribution < -0.4 is 0 Å². The SMILES string of the molecule is CC(C)(C)[Si](C)(C)OC(CCCO)C(=O)O. The van der Waals surface area contributed by atoms with E-state index in [4.69, 9.17) is 14.6 Å². The van der Waals surface area contributed by atoms with Gasteiger partial charge < -0.3 is 14.6 Å². The van der Waals surface area contributed by atoms with Gasteiger partial charge in [-0.1, -0.05) is 20.8 Å². The number of carbonyl (C=O) groups is 1. The molecule has 0 rings (SSSR count). The van der Waals surface area contributed by atoms with Crippen molar-refractivity contribution in [2.24, 2.45) is 0 Å². The molecular formula is C11H24O4Si. The number of carboxylic acid groups (broad SMARTS) is 1. The lowest BCUT2D eigenvalue weighted by Gasteiger charge is -2.38. The van der Waals surface area contributed by atoms with Crippen molar-refractivity contribution in [3.05, 3.63) is 0 Å². The van der Waals surface area contributed by atoms with Gasteiger partial charge in [-0.3, -0.25) is 0 Å². The van der Waals surface area contributed by atoms with Gasteiger partial charge in [0.15, 0.2) is 8.32 Å². The molecule has 0 aromatic heterocycles. The topological polar surface area (TPSA) is 66.8 Å². The van der Waals surface area contributed by atoms with Crippen molar-refractivity contribution >= 4 is 14.3 Å². The molecule has 0 aliphatic carbocycles. The number of aliphatic hydroxyl groups is 1. The van der Waals surface area contributed by atoms with Crippen LogP contribution in [0.25, 0.3) is 0 Å². The van der Waals surface area contributed by atoms with Crippen LogP contribution in [-0.2, 0) is 9.22 Å². The predicted octanol–water partition coefficient (Wildman–Crippen LogP) is 2.23. The Hall–Kier alpha value is -0.393. The molecule has 0 aliphatic heterocycles. The molecule has 0 bridgehead atoms. The Morgan fingerprint density at radius 3 is 2.19 bits per heavy atom. The lowest BCUT2D eigenvalue weighted by Crippen LogP contribution is -2.46. The van der Waals surface area contributed by atoms with Gasteiger partial charge in [-0.25, -0.2) is 4.79 Å². The van der Waals surface area contributed by atoms with E-state index in [1.54, 1.807) is 0 Å². The molecule has 0 heterocycles. The molecule has 5 heteroatoms. The molecule has 2 N–H and O–H groups in total. The van der Waals surface area contributed by atoms with Crippen LogP contribution in [0.5, 0.6) is 0 Å². The third kappa shape index (κ3) is 4.63. The Morgan fingerprint density at radius 1 is 1.38 bits per heavy atom. The summed E-state index contributed by atoms with van der Waals surface area (Å²) in [5, 5.41) is 17.8. The predicted molar refractivity (Wildman–Crippen MR) is 66.0 cm³/mol. The largest absolute Gasteiger partial charge is 0.479 e. The Bertz CT molecular complexity index is 233. The lowest BCUT2D eigenvalue weighted by atomic mass is 10.2. The maximum Gasteiger partial charge on any atom is 0.331 e. The Balaban J connectivity index is 4.56. The number of carboxylic acids is 1.